The summed E-state index contributed by atoms with van der Waals surface area (Å²) in [4.78, 5) is 27.9. The van der Waals surface area contributed by atoms with Crippen molar-refractivity contribution in [1.29, 1.82) is 0 Å². The molecule has 8 heteroatoms. The van der Waals surface area contributed by atoms with Crippen LogP contribution in [0.25, 0.3) is 0 Å². The van der Waals surface area contributed by atoms with Crippen LogP contribution in [0.5, 0.6) is 0 Å². The number of likely N-dealkylation sites (tertiary alicyclic amines) is 1. The Morgan fingerprint density at radius 1 is 1.35 bits per heavy atom. The topological polar surface area (TPSA) is 102 Å². The van der Waals surface area contributed by atoms with Crippen LogP contribution in [0.15, 0.2) is 11.8 Å². The number of ether oxygens (including phenoxy) is 1. The monoisotopic (exact) mass is 365 g/mol. The quantitative estimate of drug-likeness (QED) is 0.616. The Kier molecular flexibility index (Phi) is 4.15. The van der Waals surface area contributed by atoms with Crippen LogP contribution in [0, 0.1) is 5.41 Å². The first kappa shape index (κ1) is 17.6. The molecule has 0 aromatic heterocycles. The molecule has 8 nitrogen and oxygen atoms in total. The lowest BCUT2D eigenvalue weighted by Gasteiger charge is -2.43. The molecule has 1 spiro atoms. The summed E-state index contributed by atoms with van der Waals surface area (Å²) in [6, 6.07) is -0.00956. The molecule has 4 rings (SSSR count). The van der Waals surface area contributed by atoms with Crippen molar-refractivity contribution in [2.75, 3.05) is 19.6 Å². The summed E-state index contributed by atoms with van der Waals surface area (Å²) < 4.78 is 4.73. The zero-order chi connectivity index (χ0) is 18.5. The molecule has 0 saturated carbocycles. The van der Waals surface area contributed by atoms with Crippen molar-refractivity contribution in [1.82, 2.24) is 15.1 Å². The summed E-state index contributed by atoms with van der Waals surface area (Å²) in [7, 11) is 0. The average molecular weight is 365 g/mol. The van der Waals surface area contributed by atoms with Crippen molar-refractivity contribution in [3.63, 3.8) is 0 Å². The van der Waals surface area contributed by atoms with E-state index in [2.05, 4.69) is 16.3 Å². The number of carbonyl (C=O) groups is 2. The molecule has 0 aliphatic carbocycles. The molecule has 3 saturated heterocycles. The van der Waals surface area contributed by atoms with Crippen molar-refractivity contribution in [2.45, 2.75) is 63.5 Å². The fourth-order valence-corrected chi connectivity index (χ4v) is 4.92. The summed E-state index contributed by atoms with van der Waals surface area (Å²) in [5.74, 6) is -2.28. The van der Waals surface area contributed by atoms with Gasteiger partial charge in [0, 0.05) is 51.1 Å². The van der Waals surface area contributed by atoms with Crippen molar-refractivity contribution in [2.24, 2.45) is 5.41 Å². The van der Waals surface area contributed by atoms with E-state index in [-0.39, 0.29) is 23.4 Å². The Labute approximate surface area is 152 Å². The molecule has 0 aromatic rings. The van der Waals surface area contributed by atoms with Gasteiger partial charge in [0.2, 0.25) is 5.91 Å². The fourth-order valence-electron chi connectivity index (χ4n) is 4.92. The van der Waals surface area contributed by atoms with Gasteiger partial charge >= 0.3 is 12.1 Å². The van der Waals surface area contributed by atoms with Crippen LogP contribution >= 0.6 is 0 Å². The maximum Gasteiger partial charge on any atom is 0.414 e. The molecule has 26 heavy (non-hydrogen) atoms. The lowest BCUT2D eigenvalue weighted by molar-refractivity contribution is -0.297. The molecule has 0 radical (unpaired) electrons. The van der Waals surface area contributed by atoms with Gasteiger partial charge in [-0.05, 0) is 37.2 Å². The first-order chi connectivity index (χ1) is 12.2. The minimum atomic E-state index is -2.45. The first-order valence-electron chi connectivity index (χ1n) is 9.43. The molecule has 2 atom stereocenters. The van der Waals surface area contributed by atoms with Crippen molar-refractivity contribution in [3.8, 4) is 0 Å². The molecule has 4 aliphatic heterocycles. The van der Waals surface area contributed by atoms with Gasteiger partial charge in [0.25, 0.3) is 0 Å². The third kappa shape index (κ3) is 3.27. The van der Waals surface area contributed by atoms with E-state index in [4.69, 9.17) is 4.74 Å². The molecule has 4 heterocycles. The van der Waals surface area contributed by atoms with Crippen LogP contribution in [0.4, 0.5) is 4.79 Å². The van der Waals surface area contributed by atoms with Crippen LogP contribution in [0.3, 0.4) is 0 Å². The van der Waals surface area contributed by atoms with Crippen LogP contribution in [-0.4, -0.2) is 69.7 Å². The molecule has 2 unspecified atom stereocenters. The Bertz CT molecular complexity index is 633. The lowest BCUT2D eigenvalue weighted by atomic mass is 9.77. The van der Waals surface area contributed by atoms with Gasteiger partial charge in [0.05, 0.1) is 6.04 Å². The van der Waals surface area contributed by atoms with E-state index in [1.807, 2.05) is 0 Å². The third-order valence-corrected chi connectivity index (χ3v) is 6.29. The van der Waals surface area contributed by atoms with Gasteiger partial charge in [0.15, 0.2) is 0 Å². The summed E-state index contributed by atoms with van der Waals surface area (Å²) in [6.07, 6.45) is 6.65. The number of amides is 2. The number of hydrogen-bond donors (Lipinski definition) is 3. The molecule has 4 aliphatic rings. The van der Waals surface area contributed by atoms with Crippen molar-refractivity contribution < 1.29 is 24.5 Å². The number of aliphatic hydroxyl groups is 2. The van der Waals surface area contributed by atoms with Gasteiger partial charge in [-0.15, -0.1) is 0 Å². The largest absolute Gasteiger partial charge is 0.414 e. The lowest BCUT2D eigenvalue weighted by Crippen LogP contribution is -2.49. The Morgan fingerprint density at radius 3 is 2.65 bits per heavy atom. The number of nitrogens with one attached hydrogen (secondary N) is 1. The highest BCUT2D eigenvalue weighted by Crippen LogP contribution is 2.41. The molecular weight excluding hydrogens is 338 g/mol. The molecule has 0 aromatic carbocycles. The molecule has 2 bridgehead atoms. The predicted molar refractivity (Wildman–Crippen MR) is 91.5 cm³/mol. The number of piperidine rings is 1. The zero-order valence-corrected chi connectivity index (χ0v) is 15.1. The normalized spacial score (nSPS) is 30.4. The highest BCUT2D eigenvalue weighted by atomic mass is 16.8. The highest BCUT2D eigenvalue weighted by molar-refractivity contribution is 5.79. The smallest absolute Gasteiger partial charge is 0.392 e. The first-order valence-corrected chi connectivity index (χ1v) is 9.43. The van der Waals surface area contributed by atoms with Crippen LogP contribution in [-0.2, 0) is 9.53 Å². The van der Waals surface area contributed by atoms with Gasteiger partial charge in [-0.25, -0.2) is 4.79 Å². The van der Waals surface area contributed by atoms with Crippen LogP contribution < -0.4 is 5.32 Å². The fraction of sp³-hybridized carbons (Fsp3) is 0.778. The molecular formula is C18H27N3O5. The van der Waals surface area contributed by atoms with E-state index < -0.39 is 12.1 Å². The summed E-state index contributed by atoms with van der Waals surface area (Å²) in [5, 5.41) is 21.6. The van der Waals surface area contributed by atoms with Gasteiger partial charge < -0.3 is 25.2 Å². The van der Waals surface area contributed by atoms with Gasteiger partial charge in [-0.3, -0.25) is 9.69 Å². The van der Waals surface area contributed by atoms with Gasteiger partial charge in [-0.2, -0.15) is 0 Å². The van der Waals surface area contributed by atoms with E-state index in [1.54, 1.807) is 4.90 Å². The number of rotatable bonds is 2. The predicted octanol–water partition coefficient (Wildman–Crippen LogP) is 0.504. The van der Waals surface area contributed by atoms with E-state index in [1.165, 1.54) is 5.70 Å². The Morgan fingerprint density at radius 2 is 2.08 bits per heavy atom. The summed E-state index contributed by atoms with van der Waals surface area (Å²) >= 11 is 0. The van der Waals surface area contributed by atoms with E-state index in [0.29, 0.717) is 6.42 Å². The minimum absolute atomic E-state index is 0.0421. The van der Waals surface area contributed by atoms with Crippen molar-refractivity contribution in [3.05, 3.63) is 11.8 Å². The van der Waals surface area contributed by atoms with E-state index in [9.17, 15) is 19.8 Å². The zero-order valence-electron chi connectivity index (χ0n) is 15.1. The second-order valence-electron chi connectivity index (χ2n) is 8.31. The molecule has 2 amide bonds. The third-order valence-electron chi connectivity index (χ3n) is 6.29. The second kappa shape index (κ2) is 6.13. The molecule has 3 fully saturated rings. The molecule has 3 N–H and O–H groups in total. The number of hydrogen-bond acceptors (Lipinski definition) is 6. The maximum atomic E-state index is 12.3. The van der Waals surface area contributed by atoms with Crippen molar-refractivity contribution >= 4 is 12.0 Å². The average Bonchev–Trinajstić information content (AvgIpc) is 3.04. The summed E-state index contributed by atoms with van der Waals surface area (Å²) in [6.45, 7) is 3.71. The van der Waals surface area contributed by atoms with Gasteiger partial charge in [0.1, 0.15) is 0 Å². The number of nitrogens with zero attached hydrogens (tertiary/aromatic N) is 2. The number of carbonyl (C=O) groups excluding carboxylic acids is 2. The molecule has 144 valence electrons. The Hall–Kier alpha value is -1.80. The summed E-state index contributed by atoms with van der Waals surface area (Å²) in [5.41, 5.74) is 1.40. The second-order valence-corrected chi connectivity index (χ2v) is 8.31. The Balaban J connectivity index is 1.40. The minimum Gasteiger partial charge on any atom is -0.392 e. The maximum absolute atomic E-state index is 12.3. The van der Waals surface area contributed by atoms with Gasteiger partial charge in [-0.1, -0.05) is 0 Å². The highest BCUT2D eigenvalue weighted by Gasteiger charge is 2.45. The number of fused-ring (bicyclic) bond motifs is 2. The van der Waals surface area contributed by atoms with E-state index >= 15 is 0 Å². The van der Waals surface area contributed by atoms with Crippen LogP contribution in [0.1, 0.15) is 45.4 Å². The van der Waals surface area contributed by atoms with Crippen LogP contribution in [0.2, 0.25) is 0 Å². The standard InChI is InChI=1S/C18H27N3O5/c1-17(24,25)26-16(23)21-12-2-3-13(21)9-14(8-12)20-6-4-18(5-7-20)10-15(22)19-11-18/h8,12-13,24-25H,2-7,9-11H2,1H3,(H,19,22). The SMILES string of the molecule is CC(O)(O)OC(=O)N1C2C=C(N3CCC4(CC3)CNC(=O)C4)CC1CC2. The van der Waals surface area contributed by atoms with E-state index in [0.717, 1.165) is 58.7 Å².